The average Bonchev–Trinajstić information content (AvgIpc) is 2.44. The maximum absolute atomic E-state index is 2.33. The summed E-state index contributed by atoms with van der Waals surface area (Å²) in [4.78, 5) is 3.45. The van der Waals surface area contributed by atoms with Crippen LogP contribution in [0.5, 0.6) is 0 Å². The summed E-state index contributed by atoms with van der Waals surface area (Å²) in [7, 11) is 2.32. The lowest BCUT2D eigenvalue weighted by Gasteiger charge is -2.16. The summed E-state index contributed by atoms with van der Waals surface area (Å²) in [5.74, 6) is 0. The molecule has 2 unspecified atom stereocenters. The molecule has 1 aliphatic heterocycles. The van der Waals surface area contributed by atoms with Crippen LogP contribution in [0.1, 0.15) is 17.5 Å². The van der Waals surface area contributed by atoms with Crippen molar-refractivity contribution >= 4 is 0 Å². The molecule has 0 amide bonds. The van der Waals surface area contributed by atoms with Gasteiger partial charge < -0.3 is 9.80 Å². The van der Waals surface area contributed by atoms with Crippen molar-refractivity contribution in [2.45, 2.75) is 19.9 Å². The first kappa shape index (κ1) is 11.6. The van der Waals surface area contributed by atoms with E-state index in [4.69, 9.17) is 0 Å². The Morgan fingerprint density at radius 3 is 2.81 bits per heavy atom. The van der Waals surface area contributed by atoms with Gasteiger partial charge in [0.15, 0.2) is 0 Å². The molecule has 1 heterocycles. The molecule has 1 fully saturated rings. The fourth-order valence-electron chi connectivity index (χ4n) is 2.57. The predicted molar refractivity (Wildman–Crippen MR) is 66.8 cm³/mol. The maximum Gasteiger partial charge on any atom is 0.127 e. The topological polar surface area (TPSA) is 8.88 Å². The van der Waals surface area contributed by atoms with Crippen LogP contribution in [0, 0.1) is 6.92 Å². The number of nitrogens with one attached hydrogen (secondary N) is 2. The van der Waals surface area contributed by atoms with E-state index in [0.717, 1.165) is 0 Å². The van der Waals surface area contributed by atoms with Gasteiger partial charge in [0.25, 0.3) is 0 Å². The average molecular weight is 220 g/mol. The molecule has 0 spiro atoms. The SMILES string of the molecule is Cc1cccc(C[NH+]2CCC[NH+](C)CC2)c1. The molecular formula is C14H24N2+2. The van der Waals surface area contributed by atoms with Crippen LogP contribution in [0.15, 0.2) is 24.3 Å². The molecule has 2 nitrogen and oxygen atoms in total. The Kier molecular flexibility index (Phi) is 3.97. The molecule has 0 aromatic heterocycles. The summed E-state index contributed by atoms with van der Waals surface area (Å²) in [5, 5.41) is 0. The molecule has 2 rings (SSSR count). The van der Waals surface area contributed by atoms with Crippen molar-refractivity contribution in [1.82, 2.24) is 0 Å². The van der Waals surface area contributed by atoms with Crippen molar-refractivity contribution in [3.8, 4) is 0 Å². The smallest absolute Gasteiger partial charge is 0.127 e. The second-order valence-corrected chi connectivity index (χ2v) is 5.23. The number of rotatable bonds is 2. The second-order valence-electron chi connectivity index (χ2n) is 5.23. The van der Waals surface area contributed by atoms with Crippen LogP contribution in [0.25, 0.3) is 0 Å². The molecular weight excluding hydrogens is 196 g/mol. The third kappa shape index (κ3) is 3.32. The van der Waals surface area contributed by atoms with Gasteiger partial charge >= 0.3 is 0 Å². The Morgan fingerprint density at radius 1 is 1.12 bits per heavy atom. The van der Waals surface area contributed by atoms with Crippen molar-refractivity contribution in [2.24, 2.45) is 0 Å². The normalized spacial score (nSPS) is 26.4. The van der Waals surface area contributed by atoms with E-state index in [1.807, 2.05) is 0 Å². The molecule has 0 saturated carbocycles. The standard InChI is InChI=1S/C14H22N2/c1-13-5-3-6-14(11-13)12-16-8-4-7-15(2)9-10-16/h3,5-6,11H,4,7-10,12H2,1-2H3/p+2. The van der Waals surface area contributed by atoms with E-state index in [-0.39, 0.29) is 0 Å². The lowest BCUT2D eigenvalue weighted by atomic mass is 10.1. The highest BCUT2D eigenvalue weighted by Gasteiger charge is 2.17. The maximum atomic E-state index is 2.33. The van der Waals surface area contributed by atoms with Gasteiger partial charge in [-0.05, 0) is 6.92 Å². The molecule has 16 heavy (non-hydrogen) atoms. The Morgan fingerprint density at radius 2 is 2.00 bits per heavy atom. The molecule has 2 heteroatoms. The summed E-state index contributed by atoms with van der Waals surface area (Å²) >= 11 is 0. The van der Waals surface area contributed by atoms with Gasteiger partial charge in [-0.25, -0.2) is 0 Å². The Bertz CT molecular complexity index is 335. The number of aryl methyl sites for hydroxylation is 1. The fraction of sp³-hybridized carbons (Fsp3) is 0.571. The van der Waals surface area contributed by atoms with E-state index in [9.17, 15) is 0 Å². The van der Waals surface area contributed by atoms with Gasteiger partial charge in [0.2, 0.25) is 0 Å². The highest BCUT2D eigenvalue weighted by Crippen LogP contribution is 2.01. The molecule has 0 radical (unpaired) electrons. The molecule has 2 N–H and O–H groups in total. The summed E-state index contributed by atoms with van der Waals surface area (Å²) in [6.07, 6.45) is 1.37. The lowest BCUT2D eigenvalue weighted by molar-refractivity contribution is -0.938. The van der Waals surface area contributed by atoms with E-state index in [2.05, 4.69) is 38.2 Å². The first-order valence-electron chi connectivity index (χ1n) is 6.44. The quantitative estimate of drug-likeness (QED) is 0.652. The predicted octanol–water partition coefficient (Wildman–Crippen LogP) is -0.702. The summed E-state index contributed by atoms with van der Waals surface area (Å²) in [6.45, 7) is 8.71. The van der Waals surface area contributed by atoms with Crippen LogP contribution in [0.3, 0.4) is 0 Å². The number of quaternary nitrogens is 2. The number of benzene rings is 1. The van der Waals surface area contributed by atoms with E-state index >= 15 is 0 Å². The van der Waals surface area contributed by atoms with Gasteiger partial charge in [-0.3, -0.25) is 0 Å². The van der Waals surface area contributed by atoms with Crippen molar-refractivity contribution < 1.29 is 9.80 Å². The zero-order chi connectivity index (χ0) is 11.4. The van der Waals surface area contributed by atoms with Gasteiger partial charge in [0.1, 0.15) is 19.6 Å². The fourth-order valence-corrected chi connectivity index (χ4v) is 2.57. The minimum Gasteiger partial charge on any atom is -0.333 e. The molecule has 1 aromatic rings. The van der Waals surface area contributed by atoms with Gasteiger partial charge in [-0.15, -0.1) is 0 Å². The van der Waals surface area contributed by atoms with Crippen LogP contribution in [-0.2, 0) is 6.54 Å². The molecule has 2 atom stereocenters. The summed E-state index contributed by atoms with van der Waals surface area (Å²) in [6, 6.07) is 8.95. The second kappa shape index (κ2) is 5.46. The first-order valence-corrected chi connectivity index (χ1v) is 6.44. The Labute approximate surface area is 98.9 Å². The van der Waals surface area contributed by atoms with E-state index in [1.165, 1.54) is 50.3 Å². The van der Waals surface area contributed by atoms with Crippen molar-refractivity contribution in [2.75, 3.05) is 33.2 Å². The molecule has 0 bridgehead atoms. The molecule has 1 aliphatic rings. The van der Waals surface area contributed by atoms with E-state index in [0.29, 0.717) is 0 Å². The molecule has 0 aliphatic carbocycles. The summed E-state index contributed by atoms with van der Waals surface area (Å²) in [5.41, 5.74) is 2.88. The summed E-state index contributed by atoms with van der Waals surface area (Å²) < 4.78 is 0. The van der Waals surface area contributed by atoms with Crippen LogP contribution in [-0.4, -0.2) is 33.2 Å². The Balaban J connectivity index is 1.93. The Hall–Kier alpha value is -0.860. The minimum absolute atomic E-state index is 1.20. The minimum atomic E-state index is 1.20. The number of hydrogen-bond acceptors (Lipinski definition) is 0. The third-order valence-corrected chi connectivity index (χ3v) is 3.58. The van der Waals surface area contributed by atoms with Gasteiger partial charge in [0.05, 0.1) is 20.1 Å². The van der Waals surface area contributed by atoms with E-state index in [1.54, 1.807) is 9.80 Å². The molecule has 1 saturated heterocycles. The van der Waals surface area contributed by atoms with Crippen LogP contribution in [0.2, 0.25) is 0 Å². The molecule has 88 valence electrons. The number of likely N-dealkylation sites (N-methyl/N-ethyl adjacent to an activating group) is 1. The van der Waals surface area contributed by atoms with Crippen LogP contribution >= 0.6 is 0 Å². The van der Waals surface area contributed by atoms with Crippen LogP contribution in [0.4, 0.5) is 0 Å². The highest BCUT2D eigenvalue weighted by molar-refractivity contribution is 5.21. The van der Waals surface area contributed by atoms with Crippen molar-refractivity contribution in [3.05, 3.63) is 35.4 Å². The first-order chi connectivity index (χ1) is 7.74. The van der Waals surface area contributed by atoms with Crippen molar-refractivity contribution in [1.29, 1.82) is 0 Å². The van der Waals surface area contributed by atoms with Gasteiger partial charge in [-0.1, -0.05) is 29.8 Å². The third-order valence-electron chi connectivity index (χ3n) is 3.58. The van der Waals surface area contributed by atoms with Crippen LogP contribution < -0.4 is 9.80 Å². The van der Waals surface area contributed by atoms with E-state index < -0.39 is 0 Å². The highest BCUT2D eigenvalue weighted by atomic mass is 15.2. The lowest BCUT2D eigenvalue weighted by Crippen LogP contribution is -3.15. The number of hydrogen-bond donors (Lipinski definition) is 2. The zero-order valence-electron chi connectivity index (χ0n) is 10.6. The van der Waals surface area contributed by atoms with Gasteiger partial charge in [-0.2, -0.15) is 0 Å². The largest absolute Gasteiger partial charge is 0.333 e. The van der Waals surface area contributed by atoms with Crippen molar-refractivity contribution in [3.63, 3.8) is 0 Å². The zero-order valence-corrected chi connectivity index (χ0v) is 10.6. The molecule has 1 aromatic carbocycles. The van der Waals surface area contributed by atoms with Gasteiger partial charge in [0, 0.05) is 12.0 Å². The monoisotopic (exact) mass is 220 g/mol.